The van der Waals surface area contributed by atoms with Crippen molar-refractivity contribution in [1.29, 1.82) is 0 Å². The van der Waals surface area contributed by atoms with Gasteiger partial charge in [0.1, 0.15) is 11.5 Å². The molecule has 1 unspecified atom stereocenters. The number of benzene rings is 1. The molecule has 1 aromatic carbocycles. The van der Waals surface area contributed by atoms with Gasteiger partial charge in [0.25, 0.3) is 5.69 Å². The van der Waals surface area contributed by atoms with Gasteiger partial charge in [0.15, 0.2) is 0 Å². The molecule has 0 aliphatic rings. The molecule has 1 N–H and O–H groups in total. The molecular weight excluding hydrogens is 263 g/mol. The van der Waals surface area contributed by atoms with E-state index in [4.69, 9.17) is 0 Å². The second-order valence-corrected chi connectivity index (χ2v) is 4.63. The van der Waals surface area contributed by atoms with Gasteiger partial charge >= 0.3 is 0 Å². The van der Waals surface area contributed by atoms with Crippen molar-refractivity contribution >= 4 is 11.4 Å². The van der Waals surface area contributed by atoms with E-state index < -0.39 is 10.7 Å². The first-order valence-electron chi connectivity index (χ1n) is 6.09. The maximum atomic E-state index is 13.1. The Labute approximate surface area is 115 Å². The Balaban J connectivity index is 2.30. The number of anilines is 1. The first-order valence-corrected chi connectivity index (χ1v) is 6.09. The SMILES string of the molecule is Cc1nn(C)cc1C(C)Nc1ccc(F)cc1[N+](=O)[O-]. The minimum Gasteiger partial charge on any atom is -0.373 e. The van der Waals surface area contributed by atoms with E-state index in [1.807, 2.05) is 27.1 Å². The van der Waals surface area contributed by atoms with E-state index in [-0.39, 0.29) is 17.4 Å². The molecule has 0 saturated carbocycles. The Bertz CT molecular complexity index is 654. The van der Waals surface area contributed by atoms with Gasteiger partial charge in [-0.25, -0.2) is 4.39 Å². The maximum Gasteiger partial charge on any atom is 0.295 e. The highest BCUT2D eigenvalue weighted by molar-refractivity contribution is 5.62. The van der Waals surface area contributed by atoms with Crippen LogP contribution in [0.2, 0.25) is 0 Å². The van der Waals surface area contributed by atoms with Gasteiger partial charge in [0, 0.05) is 18.8 Å². The second kappa shape index (κ2) is 5.28. The first kappa shape index (κ1) is 14.0. The third-order valence-corrected chi connectivity index (χ3v) is 3.05. The summed E-state index contributed by atoms with van der Waals surface area (Å²) in [6, 6.07) is 3.30. The number of aryl methyl sites for hydroxylation is 2. The van der Waals surface area contributed by atoms with Crippen LogP contribution < -0.4 is 5.32 Å². The van der Waals surface area contributed by atoms with E-state index in [2.05, 4.69) is 10.4 Å². The highest BCUT2D eigenvalue weighted by Crippen LogP contribution is 2.29. The van der Waals surface area contributed by atoms with Crippen molar-refractivity contribution < 1.29 is 9.31 Å². The van der Waals surface area contributed by atoms with Crippen molar-refractivity contribution in [3.8, 4) is 0 Å². The van der Waals surface area contributed by atoms with E-state index >= 15 is 0 Å². The lowest BCUT2D eigenvalue weighted by Crippen LogP contribution is -2.09. The van der Waals surface area contributed by atoms with Crippen molar-refractivity contribution in [3.05, 3.63) is 51.6 Å². The summed E-state index contributed by atoms with van der Waals surface area (Å²) >= 11 is 0. The average Bonchev–Trinajstić information content (AvgIpc) is 2.70. The second-order valence-electron chi connectivity index (χ2n) is 4.63. The van der Waals surface area contributed by atoms with Gasteiger partial charge < -0.3 is 5.32 Å². The Morgan fingerprint density at radius 3 is 2.75 bits per heavy atom. The van der Waals surface area contributed by atoms with Crippen molar-refractivity contribution in [2.75, 3.05) is 5.32 Å². The molecule has 0 spiro atoms. The Morgan fingerprint density at radius 1 is 1.50 bits per heavy atom. The highest BCUT2D eigenvalue weighted by atomic mass is 19.1. The molecule has 1 heterocycles. The van der Waals surface area contributed by atoms with Crippen LogP contribution in [-0.2, 0) is 7.05 Å². The number of halogens is 1. The summed E-state index contributed by atoms with van der Waals surface area (Å²) < 4.78 is 14.8. The molecule has 1 atom stereocenters. The fourth-order valence-electron chi connectivity index (χ4n) is 2.13. The van der Waals surface area contributed by atoms with Gasteiger partial charge in [-0.2, -0.15) is 5.10 Å². The van der Waals surface area contributed by atoms with Gasteiger partial charge in [-0.15, -0.1) is 0 Å². The van der Waals surface area contributed by atoms with Gasteiger partial charge in [0.2, 0.25) is 0 Å². The predicted octanol–water partition coefficient (Wildman–Crippen LogP) is 2.95. The number of nitrogens with one attached hydrogen (secondary N) is 1. The van der Waals surface area contributed by atoms with Crippen molar-refractivity contribution in [1.82, 2.24) is 9.78 Å². The summed E-state index contributed by atoms with van der Waals surface area (Å²) in [5.41, 5.74) is 1.79. The molecule has 0 saturated heterocycles. The van der Waals surface area contributed by atoms with Crippen molar-refractivity contribution in [2.24, 2.45) is 7.05 Å². The fraction of sp³-hybridized carbons (Fsp3) is 0.308. The lowest BCUT2D eigenvalue weighted by molar-refractivity contribution is -0.384. The van der Waals surface area contributed by atoms with Gasteiger partial charge in [-0.1, -0.05) is 0 Å². The summed E-state index contributed by atoms with van der Waals surface area (Å²) in [6.07, 6.45) is 1.85. The zero-order chi connectivity index (χ0) is 14.9. The van der Waals surface area contributed by atoms with E-state index in [1.54, 1.807) is 4.68 Å². The van der Waals surface area contributed by atoms with E-state index in [9.17, 15) is 14.5 Å². The number of hydrogen-bond donors (Lipinski definition) is 1. The van der Waals surface area contributed by atoms with Crippen LogP contribution in [0.3, 0.4) is 0 Å². The van der Waals surface area contributed by atoms with Crippen LogP contribution in [0.15, 0.2) is 24.4 Å². The zero-order valence-corrected chi connectivity index (χ0v) is 11.4. The third-order valence-electron chi connectivity index (χ3n) is 3.05. The minimum atomic E-state index is -0.632. The molecule has 20 heavy (non-hydrogen) atoms. The van der Waals surface area contributed by atoms with Crippen LogP contribution in [0.1, 0.15) is 24.2 Å². The summed E-state index contributed by atoms with van der Waals surface area (Å²) in [7, 11) is 1.81. The molecule has 0 radical (unpaired) electrons. The highest BCUT2D eigenvalue weighted by Gasteiger charge is 2.18. The van der Waals surface area contributed by atoms with Crippen LogP contribution in [0.4, 0.5) is 15.8 Å². The number of rotatable bonds is 4. The normalized spacial score (nSPS) is 12.2. The van der Waals surface area contributed by atoms with Crippen LogP contribution >= 0.6 is 0 Å². The minimum absolute atomic E-state index is 0.173. The zero-order valence-electron chi connectivity index (χ0n) is 11.4. The lowest BCUT2D eigenvalue weighted by atomic mass is 10.1. The molecule has 0 amide bonds. The van der Waals surface area contributed by atoms with Gasteiger partial charge in [-0.3, -0.25) is 14.8 Å². The van der Waals surface area contributed by atoms with Crippen molar-refractivity contribution in [3.63, 3.8) is 0 Å². The average molecular weight is 278 g/mol. The topological polar surface area (TPSA) is 73.0 Å². The van der Waals surface area contributed by atoms with E-state index in [0.717, 1.165) is 17.3 Å². The Kier molecular flexibility index (Phi) is 3.69. The molecule has 0 aliphatic carbocycles. The molecule has 0 bridgehead atoms. The fourth-order valence-corrected chi connectivity index (χ4v) is 2.13. The van der Waals surface area contributed by atoms with Crippen LogP contribution in [0.25, 0.3) is 0 Å². The smallest absolute Gasteiger partial charge is 0.295 e. The molecule has 1 aromatic heterocycles. The Morgan fingerprint density at radius 2 is 2.20 bits per heavy atom. The molecule has 2 rings (SSSR count). The van der Waals surface area contributed by atoms with Gasteiger partial charge in [0.05, 0.1) is 22.7 Å². The maximum absolute atomic E-state index is 13.1. The van der Waals surface area contributed by atoms with Crippen LogP contribution in [0, 0.1) is 22.9 Å². The standard InChI is InChI=1S/C13H15FN4O2/c1-8(11-7-17(3)16-9(11)2)15-12-5-4-10(14)6-13(12)18(19)20/h4-8,15H,1-3H3. The molecule has 7 heteroatoms. The summed E-state index contributed by atoms with van der Waals surface area (Å²) in [5, 5.41) is 18.2. The number of aromatic nitrogens is 2. The summed E-state index contributed by atoms with van der Waals surface area (Å²) in [6.45, 7) is 3.74. The summed E-state index contributed by atoms with van der Waals surface area (Å²) in [5.74, 6) is -0.632. The molecule has 0 aliphatic heterocycles. The predicted molar refractivity (Wildman–Crippen MR) is 73.0 cm³/mol. The molecular formula is C13H15FN4O2. The number of nitro groups is 1. The first-order chi connectivity index (χ1) is 9.38. The van der Waals surface area contributed by atoms with Crippen molar-refractivity contribution in [2.45, 2.75) is 19.9 Å². The van der Waals surface area contributed by atoms with Gasteiger partial charge in [-0.05, 0) is 26.0 Å². The molecule has 106 valence electrons. The molecule has 2 aromatic rings. The third kappa shape index (κ3) is 2.76. The number of nitrogens with zero attached hydrogens (tertiary/aromatic N) is 3. The number of nitro benzene ring substituents is 1. The monoisotopic (exact) mass is 278 g/mol. The lowest BCUT2D eigenvalue weighted by Gasteiger charge is -2.14. The number of hydrogen-bond acceptors (Lipinski definition) is 4. The summed E-state index contributed by atoms with van der Waals surface area (Å²) in [4.78, 5) is 10.3. The van der Waals surface area contributed by atoms with E-state index in [1.165, 1.54) is 12.1 Å². The molecule has 0 fully saturated rings. The van der Waals surface area contributed by atoms with Crippen LogP contribution in [0.5, 0.6) is 0 Å². The Hall–Kier alpha value is -2.44. The van der Waals surface area contributed by atoms with Crippen LogP contribution in [-0.4, -0.2) is 14.7 Å². The molecule has 6 nitrogen and oxygen atoms in total. The quantitative estimate of drug-likeness (QED) is 0.689. The largest absolute Gasteiger partial charge is 0.373 e. The van der Waals surface area contributed by atoms with E-state index in [0.29, 0.717) is 0 Å².